The van der Waals surface area contributed by atoms with E-state index in [1.165, 1.54) is 12.1 Å². The zero-order chi connectivity index (χ0) is 13.0. The van der Waals surface area contributed by atoms with Gasteiger partial charge in [-0.3, -0.25) is 4.79 Å². The van der Waals surface area contributed by atoms with Crippen molar-refractivity contribution in [1.82, 2.24) is 5.32 Å². The van der Waals surface area contributed by atoms with Gasteiger partial charge in [0.05, 0.1) is 12.2 Å². The first-order valence-electron chi connectivity index (χ1n) is 4.55. The van der Waals surface area contributed by atoms with Gasteiger partial charge in [-0.15, -0.1) is 0 Å². The highest BCUT2D eigenvalue weighted by Crippen LogP contribution is 2.15. The lowest BCUT2D eigenvalue weighted by atomic mass is 10.2. The number of nitrogens with one attached hydrogen (secondary N) is 1. The summed E-state index contributed by atoms with van der Waals surface area (Å²) in [5.74, 6) is -3.06. The Labute approximate surface area is 104 Å². The molecule has 0 spiro atoms. The molecule has 0 unspecified atom stereocenters. The van der Waals surface area contributed by atoms with Crippen LogP contribution in [-0.4, -0.2) is 34.7 Å². The van der Waals surface area contributed by atoms with Crippen LogP contribution in [0.2, 0.25) is 0 Å². The fourth-order valence-electron chi connectivity index (χ4n) is 1.10. The first-order valence-corrected chi connectivity index (χ1v) is 5.34. The van der Waals surface area contributed by atoms with E-state index in [9.17, 15) is 14.0 Å². The van der Waals surface area contributed by atoms with E-state index >= 15 is 0 Å². The van der Waals surface area contributed by atoms with Gasteiger partial charge in [-0.25, -0.2) is 9.18 Å². The van der Waals surface area contributed by atoms with Crippen LogP contribution in [0.5, 0.6) is 0 Å². The number of hydrogen-bond acceptors (Lipinski definition) is 3. The number of aliphatic hydroxyl groups is 1. The first-order chi connectivity index (χ1) is 7.95. The summed E-state index contributed by atoms with van der Waals surface area (Å²) in [5.41, 5.74) is -0.284. The molecule has 0 fully saturated rings. The van der Waals surface area contributed by atoms with Crippen LogP contribution in [0.4, 0.5) is 4.39 Å². The minimum Gasteiger partial charge on any atom is -0.480 e. The van der Waals surface area contributed by atoms with Crippen molar-refractivity contribution in [3.63, 3.8) is 0 Å². The van der Waals surface area contributed by atoms with Crippen LogP contribution in [0.25, 0.3) is 0 Å². The van der Waals surface area contributed by atoms with E-state index in [0.717, 1.165) is 6.07 Å². The summed E-state index contributed by atoms with van der Waals surface area (Å²) in [7, 11) is 0. The van der Waals surface area contributed by atoms with Gasteiger partial charge in [0.2, 0.25) is 0 Å². The highest BCUT2D eigenvalue weighted by Gasteiger charge is 2.21. The Morgan fingerprint density at radius 1 is 1.47 bits per heavy atom. The van der Waals surface area contributed by atoms with Crippen LogP contribution in [0.15, 0.2) is 22.7 Å². The molecule has 0 aliphatic carbocycles. The molecule has 5 nitrogen and oxygen atoms in total. The SMILES string of the molecule is O=C(N[C@@H](CO)C(=O)O)c1ccc(Br)cc1F. The Bertz CT molecular complexity index is 452. The van der Waals surface area contributed by atoms with Crippen LogP contribution in [0, 0.1) is 5.82 Å². The largest absolute Gasteiger partial charge is 0.480 e. The molecule has 1 rings (SSSR count). The third-order valence-electron chi connectivity index (χ3n) is 1.96. The van der Waals surface area contributed by atoms with Crippen molar-refractivity contribution in [2.24, 2.45) is 0 Å². The Morgan fingerprint density at radius 3 is 2.59 bits per heavy atom. The molecule has 0 aliphatic heterocycles. The molecule has 0 heterocycles. The van der Waals surface area contributed by atoms with E-state index in [0.29, 0.717) is 4.47 Å². The second-order valence-electron chi connectivity index (χ2n) is 3.17. The van der Waals surface area contributed by atoms with Crippen molar-refractivity contribution in [1.29, 1.82) is 0 Å². The van der Waals surface area contributed by atoms with E-state index in [4.69, 9.17) is 10.2 Å². The highest BCUT2D eigenvalue weighted by atomic mass is 79.9. The van der Waals surface area contributed by atoms with Gasteiger partial charge in [-0.2, -0.15) is 0 Å². The Kier molecular flexibility index (Phi) is 4.59. The predicted octanol–water partition coefficient (Wildman–Crippen LogP) is 0.764. The van der Waals surface area contributed by atoms with Gasteiger partial charge in [0, 0.05) is 4.47 Å². The molecule has 0 aliphatic rings. The topological polar surface area (TPSA) is 86.6 Å². The van der Waals surface area contributed by atoms with E-state index in [2.05, 4.69) is 15.9 Å². The van der Waals surface area contributed by atoms with Crippen LogP contribution in [0.1, 0.15) is 10.4 Å². The molecule has 7 heteroatoms. The Balaban J connectivity index is 2.86. The van der Waals surface area contributed by atoms with E-state index in [1.807, 2.05) is 5.32 Å². The minimum atomic E-state index is -1.45. The molecule has 0 radical (unpaired) electrons. The van der Waals surface area contributed by atoms with Crippen LogP contribution in [-0.2, 0) is 4.79 Å². The summed E-state index contributed by atoms with van der Waals surface area (Å²) in [6.07, 6.45) is 0. The van der Waals surface area contributed by atoms with Gasteiger partial charge in [-0.05, 0) is 18.2 Å². The summed E-state index contributed by atoms with van der Waals surface area (Å²) >= 11 is 3.03. The highest BCUT2D eigenvalue weighted by molar-refractivity contribution is 9.10. The molecule has 0 bridgehead atoms. The number of amides is 1. The van der Waals surface area contributed by atoms with Gasteiger partial charge in [0.1, 0.15) is 5.82 Å². The van der Waals surface area contributed by atoms with Gasteiger partial charge in [0.15, 0.2) is 6.04 Å². The molecular weight excluding hydrogens is 297 g/mol. The first kappa shape index (κ1) is 13.6. The molecule has 92 valence electrons. The molecule has 0 saturated heterocycles. The number of carboxylic acids is 1. The lowest BCUT2D eigenvalue weighted by Crippen LogP contribution is -2.43. The molecule has 1 aromatic carbocycles. The number of carbonyl (C=O) groups excluding carboxylic acids is 1. The number of hydrogen-bond donors (Lipinski definition) is 3. The summed E-state index contributed by atoms with van der Waals surface area (Å²) in [6, 6.07) is 2.30. The third kappa shape index (κ3) is 3.50. The van der Waals surface area contributed by atoms with Crippen LogP contribution >= 0.6 is 15.9 Å². The average molecular weight is 306 g/mol. The molecule has 1 aromatic rings. The van der Waals surface area contributed by atoms with Gasteiger partial charge in [-0.1, -0.05) is 15.9 Å². The second kappa shape index (κ2) is 5.74. The van der Waals surface area contributed by atoms with Crippen molar-refractivity contribution in [2.45, 2.75) is 6.04 Å². The number of rotatable bonds is 4. The van der Waals surface area contributed by atoms with Crippen molar-refractivity contribution >= 4 is 27.8 Å². The van der Waals surface area contributed by atoms with Gasteiger partial charge < -0.3 is 15.5 Å². The average Bonchev–Trinajstić information content (AvgIpc) is 2.24. The maximum absolute atomic E-state index is 13.4. The molecule has 1 atom stereocenters. The third-order valence-corrected chi connectivity index (χ3v) is 2.46. The predicted molar refractivity (Wildman–Crippen MR) is 60.1 cm³/mol. The normalized spacial score (nSPS) is 11.9. The summed E-state index contributed by atoms with van der Waals surface area (Å²) in [6.45, 7) is -0.765. The maximum atomic E-state index is 13.4. The van der Waals surface area contributed by atoms with Crippen molar-refractivity contribution in [3.8, 4) is 0 Å². The van der Waals surface area contributed by atoms with Gasteiger partial charge >= 0.3 is 5.97 Å². The van der Waals surface area contributed by atoms with Gasteiger partial charge in [0.25, 0.3) is 5.91 Å². The quantitative estimate of drug-likeness (QED) is 0.766. The molecular formula is C10H9BrFNO4. The smallest absolute Gasteiger partial charge is 0.328 e. The standard InChI is InChI=1S/C10H9BrFNO4/c11-5-1-2-6(7(12)3-5)9(15)13-8(4-14)10(16)17/h1-3,8,14H,4H2,(H,13,15)(H,16,17)/t8-/m0/s1. The summed E-state index contributed by atoms with van der Waals surface area (Å²) in [5, 5.41) is 19.3. The second-order valence-corrected chi connectivity index (χ2v) is 4.09. The molecule has 3 N–H and O–H groups in total. The van der Waals surface area contributed by atoms with E-state index < -0.39 is 30.3 Å². The lowest BCUT2D eigenvalue weighted by Gasteiger charge is -2.11. The Hall–Kier alpha value is -1.47. The summed E-state index contributed by atoms with van der Waals surface area (Å²) < 4.78 is 13.8. The van der Waals surface area contributed by atoms with Crippen molar-refractivity contribution < 1.29 is 24.2 Å². The summed E-state index contributed by atoms with van der Waals surface area (Å²) in [4.78, 5) is 22.1. The lowest BCUT2D eigenvalue weighted by molar-refractivity contribution is -0.140. The van der Waals surface area contributed by atoms with Crippen LogP contribution < -0.4 is 5.32 Å². The number of benzene rings is 1. The monoisotopic (exact) mass is 305 g/mol. The maximum Gasteiger partial charge on any atom is 0.328 e. The molecule has 0 aromatic heterocycles. The minimum absolute atomic E-state index is 0.284. The number of aliphatic carboxylic acids is 1. The fraction of sp³-hybridized carbons (Fsp3) is 0.200. The molecule has 0 saturated carbocycles. The van der Waals surface area contributed by atoms with Crippen molar-refractivity contribution in [2.75, 3.05) is 6.61 Å². The number of halogens is 2. The zero-order valence-corrected chi connectivity index (χ0v) is 10.1. The molecule has 17 heavy (non-hydrogen) atoms. The zero-order valence-electron chi connectivity index (χ0n) is 8.48. The fourth-order valence-corrected chi connectivity index (χ4v) is 1.43. The van der Waals surface area contributed by atoms with E-state index in [1.54, 1.807) is 0 Å². The number of carbonyl (C=O) groups is 2. The molecule has 1 amide bonds. The van der Waals surface area contributed by atoms with Crippen molar-refractivity contribution in [3.05, 3.63) is 34.1 Å². The number of carboxylic acid groups (broad SMARTS) is 1. The van der Waals surface area contributed by atoms with Crippen LogP contribution in [0.3, 0.4) is 0 Å². The van der Waals surface area contributed by atoms with E-state index in [-0.39, 0.29) is 5.56 Å². The number of aliphatic hydroxyl groups excluding tert-OH is 1. The Morgan fingerprint density at radius 2 is 2.12 bits per heavy atom.